The van der Waals surface area contributed by atoms with Crippen molar-refractivity contribution in [3.8, 4) is 0 Å². The van der Waals surface area contributed by atoms with Crippen molar-refractivity contribution >= 4 is 15.9 Å². The van der Waals surface area contributed by atoms with E-state index in [1.807, 2.05) is 6.20 Å². The van der Waals surface area contributed by atoms with E-state index in [0.29, 0.717) is 5.92 Å². The number of aromatic nitrogens is 2. The fraction of sp³-hybridized carbons (Fsp3) is 0.471. The van der Waals surface area contributed by atoms with Gasteiger partial charge in [0.05, 0.1) is 16.4 Å². The first-order valence-electron chi connectivity index (χ1n) is 7.76. The van der Waals surface area contributed by atoms with E-state index in [2.05, 4.69) is 68.3 Å². The largest absolute Gasteiger partial charge is 0.313 e. The summed E-state index contributed by atoms with van der Waals surface area (Å²) >= 11 is 3.65. The lowest BCUT2D eigenvalue weighted by molar-refractivity contribution is 0.541. The molecule has 1 heterocycles. The first-order valence-corrected chi connectivity index (χ1v) is 8.55. The zero-order valence-corrected chi connectivity index (χ0v) is 14.0. The van der Waals surface area contributed by atoms with E-state index in [4.69, 9.17) is 0 Å². The Morgan fingerprint density at radius 3 is 2.76 bits per heavy atom. The van der Waals surface area contributed by atoms with Crippen molar-refractivity contribution in [3.05, 3.63) is 52.3 Å². The molecule has 1 N–H and O–H groups in total. The van der Waals surface area contributed by atoms with Crippen molar-refractivity contribution in [2.75, 3.05) is 6.54 Å². The molecular weight excluding hydrogens is 326 g/mol. The number of nitrogens with zero attached hydrogens (tertiary/aromatic N) is 2. The fourth-order valence-electron chi connectivity index (χ4n) is 2.73. The molecule has 0 saturated heterocycles. The Kier molecular flexibility index (Phi) is 4.76. The van der Waals surface area contributed by atoms with E-state index in [0.717, 1.165) is 30.0 Å². The highest BCUT2D eigenvalue weighted by Crippen LogP contribution is 2.27. The van der Waals surface area contributed by atoms with Gasteiger partial charge in [-0.3, -0.25) is 4.68 Å². The Hall–Kier alpha value is -1.13. The predicted octanol–water partition coefficient (Wildman–Crippen LogP) is 3.74. The molecule has 1 saturated carbocycles. The SMILES string of the molecule is CCn1ncc(Br)c1CC(CNC1CC1)c1ccccc1. The molecule has 1 aromatic heterocycles. The highest BCUT2D eigenvalue weighted by molar-refractivity contribution is 9.10. The molecule has 1 atom stereocenters. The number of rotatable bonds is 7. The summed E-state index contributed by atoms with van der Waals surface area (Å²) in [5, 5.41) is 8.12. The Balaban J connectivity index is 1.79. The van der Waals surface area contributed by atoms with Gasteiger partial charge in [0.2, 0.25) is 0 Å². The summed E-state index contributed by atoms with van der Waals surface area (Å²) in [4.78, 5) is 0. The van der Waals surface area contributed by atoms with Gasteiger partial charge in [0.25, 0.3) is 0 Å². The van der Waals surface area contributed by atoms with Gasteiger partial charge in [-0.25, -0.2) is 0 Å². The second kappa shape index (κ2) is 6.75. The zero-order chi connectivity index (χ0) is 14.7. The quantitative estimate of drug-likeness (QED) is 0.826. The Bertz CT molecular complexity index is 575. The van der Waals surface area contributed by atoms with Gasteiger partial charge in [-0.15, -0.1) is 0 Å². The third-order valence-corrected chi connectivity index (χ3v) is 4.80. The minimum Gasteiger partial charge on any atom is -0.313 e. The summed E-state index contributed by atoms with van der Waals surface area (Å²) in [5.41, 5.74) is 2.70. The van der Waals surface area contributed by atoms with E-state index in [9.17, 15) is 0 Å². The minimum atomic E-state index is 0.491. The summed E-state index contributed by atoms with van der Waals surface area (Å²) in [6.45, 7) is 4.09. The first-order chi connectivity index (χ1) is 10.3. The van der Waals surface area contributed by atoms with Gasteiger partial charge in [0, 0.05) is 25.0 Å². The molecule has 0 bridgehead atoms. The van der Waals surface area contributed by atoms with Gasteiger partial charge >= 0.3 is 0 Å². The molecule has 1 aliphatic rings. The first kappa shape index (κ1) is 14.8. The smallest absolute Gasteiger partial charge is 0.0635 e. The average molecular weight is 348 g/mol. The summed E-state index contributed by atoms with van der Waals surface area (Å²) in [5.74, 6) is 0.491. The highest BCUT2D eigenvalue weighted by atomic mass is 79.9. The van der Waals surface area contributed by atoms with E-state index in [1.165, 1.54) is 24.1 Å². The maximum atomic E-state index is 4.44. The lowest BCUT2D eigenvalue weighted by Crippen LogP contribution is -2.25. The van der Waals surface area contributed by atoms with Crippen molar-refractivity contribution in [3.63, 3.8) is 0 Å². The van der Waals surface area contributed by atoms with Crippen LogP contribution in [0.4, 0.5) is 0 Å². The zero-order valence-electron chi connectivity index (χ0n) is 12.4. The van der Waals surface area contributed by atoms with Crippen LogP contribution in [0.1, 0.15) is 36.9 Å². The van der Waals surface area contributed by atoms with Crippen LogP contribution in [0.15, 0.2) is 41.0 Å². The number of hydrogen-bond acceptors (Lipinski definition) is 2. The van der Waals surface area contributed by atoms with Crippen molar-refractivity contribution in [2.45, 2.75) is 44.7 Å². The van der Waals surface area contributed by atoms with Crippen molar-refractivity contribution in [1.82, 2.24) is 15.1 Å². The molecule has 1 aliphatic carbocycles. The molecule has 0 amide bonds. The van der Waals surface area contributed by atoms with Crippen LogP contribution in [-0.2, 0) is 13.0 Å². The Morgan fingerprint density at radius 2 is 2.10 bits per heavy atom. The molecule has 3 nitrogen and oxygen atoms in total. The third kappa shape index (κ3) is 3.74. The van der Waals surface area contributed by atoms with E-state index in [1.54, 1.807) is 0 Å². The molecule has 2 aromatic rings. The fourth-order valence-corrected chi connectivity index (χ4v) is 3.18. The van der Waals surface area contributed by atoms with Gasteiger partial charge in [-0.1, -0.05) is 30.3 Å². The summed E-state index contributed by atoms with van der Waals surface area (Å²) in [7, 11) is 0. The molecule has 0 radical (unpaired) electrons. The van der Waals surface area contributed by atoms with Crippen LogP contribution < -0.4 is 5.32 Å². The van der Waals surface area contributed by atoms with Gasteiger partial charge in [0.15, 0.2) is 0 Å². The van der Waals surface area contributed by atoms with Crippen LogP contribution in [-0.4, -0.2) is 22.4 Å². The lowest BCUT2D eigenvalue weighted by atomic mass is 9.94. The molecule has 4 heteroatoms. The normalized spacial score (nSPS) is 16.1. The molecule has 1 unspecified atom stereocenters. The molecule has 1 fully saturated rings. The van der Waals surface area contributed by atoms with Crippen LogP contribution in [0.25, 0.3) is 0 Å². The monoisotopic (exact) mass is 347 g/mol. The van der Waals surface area contributed by atoms with E-state index >= 15 is 0 Å². The van der Waals surface area contributed by atoms with Gasteiger partial charge in [-0.05, 0) is 47.7 Å². The van der Waals surface area contributed by atoms with Gasteiger partial charge in [-0.2, -0.15) is 5.10 Å². The number of benzene rings is 1. The van der Waals surface area contributed by atoms with Crippen LogP contribution >= 0.6 is 15.9 Å². The average Bonchev–Trinajstić information content (AvgIpc) is 3.28. The highest BCUT2D eigenvalue weighted by Gasteiger charge is 2.23. The molecule has 112 valence electrons. The Morgan fingerprint density at radius 1 is 1.33 bits per heavy atom. The van der Waals surface area contributed by atoms with Crippen LogP contribution in [0.3, 0.4) is 0 Å². The van der Waals surface area contributed by atoms with Crippen LogP contribution in [0, 0.1) is 0 Å². The van der Waals surface area contributed by atoms with Crippen LogP contribution in [0.2, 0.25) is 0 Å². The standard InChI is InChI=1S/C17H22BrN3/c1-2-21-17(16(18)12-20-21)10-14(11-19-15-8-9-15)13-6-4-3-5-7-13/h3-7,12,14-15,19H,2,8-11H2,1H3. The van der Waals surface area contributed by atoms with Crippen LogP contribution in [0.5, 0.6) is 0 Å². The van der Waals surface area contributed by atoms with Crippen molar-refractivity contribution in [1.29, 1.82) is 0 Å². The second-order valence-electron chi connectivity index (χ2n) is 5.75. The lowest BCUT2D eigenvalue weighted by Gasteiger charge is -2.19. The third-order valence-electron chi connectivity index (χ3n) is 4.14. The van der Waals surface area contributed by atoms with Crippen molar-refractivity contribution < 1.29 is 0 Å². The molecule has 21 heavy (non-hydrogen) atoms. The number of halogens is 1. The van der Waals surface area contributed by atoms with Crippen molar-refractivity contribution in [2.24, 2.45) is 0 Å². The topological polar surface area (TPSA) is 29.9 Å². The van der Waals surface area contributed by atoms with E-state index < -0.39 is 0 Å². The second-order valence-corrected chi connectivity index (χ2v) is 6.60. The minimum absolute atomic E-state index is 0.491. The molecule has 3 rings (SSSR count). The molecule has 1 aromatic carbocycles. The summed E-state index contributed by atoms with van der Waals surface area (Å²) in [6.07, 6.45) is 5.59. The summed E-state index contributed by atoms with van der Waals surface area (Å²) in [6, 6.07) is 11.6. The van der Waals surface area contributed by atoms with Gasteiger partial charge < -0.3 is 5.32 Å². The number of aryl methyl sites for hydroxylation is 1. The van der Waals surface area contributed by atoms with Gasteiger partial charge in [0.1, 0.15) is 0 Å². The molecule has 0 spiro atoms. The number of hydrogen-bond donors (Lipinski definition) is 1. The Labute approximate surface area is 134 Å². The number of nitrogens with one attached hydrogen (secondary N) is 1. The summed E-state index contributed by atoms with van der Waals surface area (Å²) < 4.78 is 3.22. The molecule has 0 aliphatic heterocycles. The van der Waals surface area contributed by atoms with E-state index in [-0.39, 0.29) is 0 Å². The molecular formula is C17H22BrN3. The predicted molar refractivity (Wildman–Crippen MR) is 89.5 cm³/mol. The maximum Gasteiger partial charge on any atom is 0.0635 e. The maximum absolute atomic E-state index is 4.44.